The molecule has 0 aromatic heterocycles. The zero-order valence-electron chi connectivity index (χ0n) is 11.5. The van der Waals surface area contributed by atoms with Gasteiger partial charge in [-0.2, -0.15) is 0 Å². The Bertz CT molecular complexity index is 385. The molecule has 0 unspecified atom stereocenters. The number of aliphatic hydroxyl groups excluding tert-OH is 1. The van der Waals surface area contributed by atoms with Crippen molar-refractivity contribution in [1.82, 2.24) is 5.32 Å². The maximum Gasteiger partial charge on any atom is 0.179 e. The van der Waals surface area contributed by atoms with Gasteiger partial charge in [0.25, 0.3) is 0 Å². The van der Waals surface area contributed by atoms with Crippen LogP contribution in [0.4, 0.5) is 0 Å². The van der Waals surface area contributed by atoms with E-state index in [1.165, 1.54) is 0 Å². The monoisotopic (exact) mass is 287 g/mol. The van der Waals surface area contributed by atoms with Crippen molar-refractivity contribution in [1.29, 1.82) is 0 Å². The minimum absolute atomic E-state index is 0.114. The molecule has 1 rings (SSSR count). The van der Waals surface area contributed by atoms with E-state index in [0.717, 1.165) is 18.4 Å². The molecule has 0 saturated carbocycles. The summed E-state index contributed by atoms with van der Waals surface area (Å²) in [7, 11) is 1.60. The Hall–Kier alpha value is -0.970. The zero-order valence-corrected chi connectivity index (χ0v) is 12.3. The zero-order chi connectivity index (χ0) is 14.1. The summed E-state index contributed by atoms with van der Waals surface area (Å²) < 4.78 is 11.0. The number of unbranched alkanes of at least 4 members (excludes halogenated alkanes) is 1. The molecule has 4 nitrogen and oxygen atoms in total. The first-order chi connectivity index (χ1) is 9.22. The van der Waals surface area contributed by atoms with Gasteiger partial charge in [-0.15, -0.1) is 0 Å². The molecule has 0 radical (unpaired) electrons. The van der Waals surface area contributed by atoms with Gasteiger partial charge in [0.15, 0.2) is 11.5 Å². The summed E-state index contributed by atoms with van der Waals surface area (Å²) >= 11 is 6.22. The van der Waals surface area contributed by atoms with E-state index in [-0.39, 0.29) is 6.61 Å². The maximum absolute atomic E-state index is 8.73. The first kappa shape index (κ1) is 16.1. The minimum atomic E-state index is 0.114. The molecule has 108 valence electrons. The van der Waals surface area contributed by atoms with Gasteiger partial charge in [0.2, 0.25) is 0 Å². The fraction of sp³-hybridized carbons (Fsp3) is 0.571. The van der Waals surface area contributed by atoms with Gasteiger partial charge in [-0.1, -0.05) is 24.9 Å². The summed E-state index contributed by atoms with van der Waals surface area (Å²) in [5.41, 5.74) is 0.998. The topological polar surface area (TPSA) is 50.7 Å². The summed E-state index contributed by atoms with van der Waals surface area (Å²) in [6, 6.07) is 3.76. The van der Waals surface area contributed by atoms with Crippen LogP contribution >= 0.6 is 11.6 Å². The van der Waals surface area contributed by atoms with Crippen molar-refractivity contribution in [3.8, 4) is 11.5 Å². The van der Waals surface area contributed by atoms with E-state index < -0.39 is 0 Å². The van der Waals surface area contributed by atoms with Crippen molar-refractivity contribution >= 4 is 11.6 Å². The second-order valence-corrected chi connectivity index (χ2v) is 4.62. The fourth-order valence-electron chi connectivity index (χ4n) is 1.65. The van der Waals surface area contributed by atoms with Crippen LogP contribution in [0.1, 0.15) is 25.3 Å². The number of methoxy groups -OCH3 is 1. The maximum atomic E-state index is 8.73. The number of ether oxygens (including phenoxy) is 2. The molecule has 0 bridgehead atoms. The molecular weight excluding hydrogens is 266 g/mol. The lowest BCUT2D eigenvalue weighted by Crippen LogP contribution is -2.17. The van der Waals surface area contributed by atoms with Crippen LogP contribution in [0.5, 0.6) is 11.5 Å². The standard InChI is InChI=1S/C14H22ClNO3/c1-3-4-7-19-14-12(15)8-11(9-13(14)18-2)10-16-5-6-17/h8-9,16-17H,3-7,10H2,1-2H3. The number of rotatable bonds is 9. The lowest BCUT2D eigenvalue weighted by atomic mass is 10.2. The first-order valence-electron chi connectivity index (χ1n) is 6.53. The van der Waals surface area contributed by atoms with Gasteiger partial charge in [-0.05, 0) is 24.1 Å². The molecule has 0 atom stereocenters. The molecular formula is C14H22ClNO3. The van der Waals surface area contributed by atoms with Crippen LogP contribution in [0.2, 0.25) is 5.02 Å². The van der Waals surface area contributed by atoms with Crippen molar-refractivity contribution in [3.63, 3.8) is 0 Å². The van der Waals surface area contributed by atoms with Gasteiger partial charge in [0.05, 0.1) is 25.3 Å². The summed E-state index contributed by atoms with van der Waals surface area (Å²) in [6.07, 6.45) is 2.06. The highest BCUT2D eigenvalue weighted by atomic mass is 35.5. The predicted molar refractivity (Wildman–Crippen MR) is 77.2 cm³/mol. The van der Waals surface area contributed by atoms with Gasteiger partial charge in [0, 0.05) is 13.1 Å². The molecule has 0 heterocycles. The molecule has 19 heavy (non-hydrogen) atoms. The molecule has 0 spiro atoms. The van der Waals surface area contributed by atoms with Gasteiger partial charge in [-0.25, -0.2) is 0 Å². The number of aliphatic hydroxyl groups is 1. The largest absolute Gasteiger partial charge is 0.493 e. The molecule has 0 aliphatic heterocycles. The van der Waals surface area contributed by atoms with Crippen molar-refractivity contribution in [3.05, 3.63) is 22.7 Å². The Labute approximate surface area is 119 Å². The third-order valence-electron chi connectivity index (χ3n) is 2.65. The van der Waals surface area contributed by atoms with E-state index >= 15 is 0 Å². The third-order valence-corrected chi connectivity index (χ3v) is 2.93. The second-order valence-electron chi connectivity index (χ2n) is 4.21. The number of nitrogens with one attached hydrogen (secondary N) is 1. The Morgan fingerprint density at radius 3 is 2.79 bits per heavy atom. The van der Waals surface area contributed by atoms with E-state index in [0.29, 0.717) is 36.2 Å². The van der Waals surface area contributed by atoms with Gasteiger partial charge < -0.3 is 19.9 Å². The Morgan fingerprint density at radius 2 is 2.16 bits per heavy atom. The number of hydrogen-bond acceptors (Lipinski definition) is 4. The van der Waals surface area contributed by atoms with E-state index in [4.69, 9.17) is 26.2 Å². The Balaban J connectivity index is 2.76. The lowest BCUT2D eigenvalue weighted by Gasteiger charge is -2.14. The van der Waals surface area contributed by atoms with Crippen molar-refractivity contribution in [2.75, 3.05) is 26.9 Å². The van der Waals surface area contributed by atoms with Crippen LogP contribution < -0.4 is 14.8 Å². The van der Waals surface area contributed by atoms with E-state index in [9.17, 15) is 0 Å². The predicted octanol–water partition coefficient (Wildman–Crippen LogP) is 2.61. The molecule has 0 saturated heterocycles. The Kier molecular flexibility index (Phi) is 7.63. The van der Waals surface area contributed by atoms with Gasteiger partial charge >= 0.3 is 0 Å². The number of hydrogen-bond donors (Lipinski definition) is 2. The first-order valence-corrected chi connectivity index (χ1v) is 6.91. The van der Waals surface area contributed by atoms with Crippen LogP contribution in [-0.2, 0) is 6.54 Å². The highest BCUT2D eigenvalue weighted by molar-refractivity contribution is 6.32. The third kappa shape index (κ3) is 5.27. The van der Waals surface area contributed by atoms with Crippen molar-refractivity contribution in [2.45, 2.75) is 26.3 Å². The molecule has 5 heteroatoms. The van der Waals surface area contributed by atoms with Crippen LogP contribution in [0, 0.1) is 0 Å². The smallest absolute Gasteiger partial charge is 0.179 e. The molecule has 2 N–H and O–H groups in total. The molecule has 1 aromatic carbocycles. The number of benzene rings is 1. The normalized spacial score (nSPS) is 10.5. The average Bonchev–Trinajstić information content (AvgIpc) is 2.41. The van der Waals surface area contributed by atoms with Crippen LogP contribution in [-0.4, -0.2) is 32.0 Å². The summed E-state index contributed by atoms with van der Waals surface area (Å²) in [5, 5.41) is 12.4. The fourth-order valence-corrected chi connectivity index (χ4v) is 1.93. The van der Waals surface area contributed by atoms with Crippen LogP contribution in [0.15, 0.2) is 12.1 Å². The van der Waals surface area contributed by atoms with E-state index in [1.54, 1.807) is 7.11 Å². The SMILES string of the molecule is CCCCOc1c(Cl)cc(CNCCO)cc1OC. The average molecular weight is 288 g/mol. The van der Waals surface area contributed by atoms with Crippen LogP contribution in [0.3, 0.4) is 0 Å². The van der Waals surface area contributed by atoms with Gasteiger partial charge in [-0.3, -0.25) is 0 Å². The molecule has 0 amide bonds. The van der Waals surface area contributed by atoms with E-state index in [1.807, 2.05) is 12.1 Å². The van der Waals surface area contributed by atoms with Crippen molar-refractivity contribution < 1.29 is 14.6 Å². The van der Waals surface area contributed by atoms with Gasteiger partial charge in [0.1, 0.15) is 0 Å². The lowest BCUT2D eigenvalue weighted by molar-refractivity contribution is 0.287. The molecule has 1 aromatic rings. The van der Waals surface area contributed by atoms with Crippen molar-refractivity contribution in [2.24, 2.45) is 0 Å². The highest BCUT2D eigenvalue weighted by Gasteiger charge is 2.11. The quantitative estimate of drug-likeness (QED) is 0.686. The molecule has 0 aliphatic carbocycles. The number of halogens is 1. The highest BCUT2D eigenvalue weighted by Crippen LogP contribution is 2.36. The summed E-state index contributed by atoms with van der Waals surface area (Å²) in [6.45, 7) is 4.04. The van der Waals surface area contributed by atoms with E-state index in [2.05, 4.69) is 12.2 Å². The Morgan fingerprint density at radius 1 is 1.37 bits per heavy atom. The molecule has 0 aliphatic rings. The minimum Gasteiger partial charge on any atom is -0.493 e. The summed E-state index contributed by atoms with van der Waals surface area (Å²) in [5.74, 6) is 1.24. The summed E-state index contributed by atoms with van der Waals surface area (Å²) in [4.78, 5) is 0. The van der Waals surface area contributed by atoms with Crippen LogP contribution in [0.25, 0.3) is 0 Å². The second kappa shape index (κ2) is 9.02. The molecule has 0 fully saturated rings.